The third kappa shape index (κ3) is 4.50. The summed E-state index contributed by atoms with van der Waals surface area (Å²) in [7, 11) is 0. The molecule has 1 aliphatic carbocycles. The van der Waals surface area contributed by atoms with Crippen LogP contribution in [0.3, 0.4) is 0 Å². The number of nitrogens with zero attached hydrogens (tertiary/aromatic N) is 1. The average molecular weight is 350 g/mol. The van der Waals surface area contributed by atoms with E-state index >= 15 is 0 Å². The van der Waals surface area contributed by atoms with Gasteiger partial charge in [0.25, 0.3) is 5.91 Å². The number of carbonyl (C=O) groups is 2. The highest BCUT2D eigenvalue weighted by Crippen LogP contribution is 2.29. The van der Waals surface area contributed by atoms with E-state index in [1.807, 2.05) is 6.26 Å². The monoisotopic (exact) mass is 350 g/mol. The van der Waals surface area contributed by atoms with Crippen LogP contribution in [0, 0.1) is 11.8 Å². The van der Waals surface area contributed by atoms with Gasteiger partial charge in [0.1, 0.15) is 5.03 Å². The van der Waals surface area contributed by atoms with E-state index in [-0.39, 0.29) is 11.9 Å². The number of nitrogens with one attached hydrogen (secondary N) is 1. The first-order chi connectivity index (χ1) is 11.4. The van der Waals surface area contributed by atoms with Gasteiger partial charge in [0.2, 0.25) is 0 Å². The summed E-state index contributed by atoms with van der Waals surface area (Å²) in [6.45, 7) is 6.00. The number of aromatic nitrogens is 1. The molecule has 0 aliphatic heterocycles. The Morgan fingerprint density at radius 3 is 2.83 bits per heavy atom. The van der Waals surface area contributed by atoms with Gasteiger partial charge in [-0.05, 0) is 43.6 Å². The molecule has 6 heteroatoms. The van der Waals surface area contributed by atoms with Crippen LogP contribution in [0.1, 0.15) is 50.4 Å². The predicted octanol–water partition coefficient (Wildman–Crippen LogP) is 3.29. The van der Waals surface area contributed by atoms with Crippen LogP contribution in [-0.4, -0.2) is 35.3 Å². The number of hydrogen-bond acceptors (Lipinski definition) is 5. The number of thioether (sulfide) groups is 1. The Morgan fingerprint density at radius 1 is 1.38 bits per heavy atom. The first-order valence-electron chi connectivity index (χ1n) is 8.44. The van der Waals surface area contributed by atoms with Crippen LogP contribution >= 0.6 is 11.8 Å². The van der Waals surface area contributed by atoms with Crippen molar-refractivity contribution in [1.82, 2.24) is 10.3 Å². The van der Waals surface area contributed by atoms with Crippen LogP contribution in [0.15, 0.2) is 23.4 Å². The van der Waals surface area contributed by atoms with Crippen molar-refractivity contribution in [3.05, 3.63) is 23.9 Å². The molecular weight excluding hydrogens is 324 g/mol. The summed E-state index contributed by atoms with van der Waals surface area (Å²) in [6, 6.07) is 3.51. The number of amides is 1. The number of pyridine rings is 1. The molecule has 0 radical (unpaired) electrons. The van der Waals surface area contributed by atoms with Gasteiger partial charge < -0.3 is 10.1 Å². The number of rotatable bonds is 5. The minimum atomic E-state index is -0.822. The van der Waals surface area contributed by atoms with Gasteiger partial charge in [-0.2, -0.15) is 0 Å². The second-order valence-electron chi connectivity index (χ2n) is 6.49. The molecule has 24 heavy (non-hydrogen) atoms. The van der Waals surface area contributed by atoms with Crippen molar-refractivity contribution < 1.29 is 14.3 Å². The van der Waals surface area contributed by atoms with E-state index in [0.29, 0.717) is 22.4 Å². The summed E-state index contributed by atoms with van der Waals surface area (Å²) in [5.74, 6) is 0.289. The second kappa shape index (κ2) is 8.51. The van der Waals surface area contributed by atoms with Crippen LogP contribution in [0.2, 0.25) is 0 Å². The number of hydrogen-bond donors (Lipinski definition) is 1. The van der Waals surface area contributed by atoms with E-state index in [2.05, 4.69) is 24.1 Å². The Kier molecular flexibility index (Phi) is 6.66. The lowest BCUT2D eigenvalue weighted by molar-refractivity contribution is -0.130. The number of esters is 1. The zero-order valence-electron chi connectivity index (χ0n) is 14.7. The Morgan fingerprint density at radius 2 is 2.12 bits per heavy atom. The molecule has 0 spiro atoms. The van der Waals surface area contributed by atoms with Crippen molar-refractivity contribution in [1.29, 1.82) is 0 Å². The molecule has 1 saturated carbocycles. The highest BCUT2D eigenvalue weighted by molar-refractivity contribution is 7.98. The van der Waals surface area contributed by atoms with E-state index in [0.717, 1.165) is 12.8 Å². The smallest absolute Gasteiger partial charge is 0.341 e. The van der Waals surface area contributed by atoms with Gasteiger partial charge in [-0.15, -0.1) is 11.8 Å². The molecule has 1 fully saturated rings. The van der Waals surface area contributed by atoms with Crippen molar-refractivity contribution in [2.45, 2.75) is 57.2 Å². The molecule has 1 aliphatic rings. The summed E-state index contributed by atoms with van der Waals surface area (Å²) in [5, 5.41) is 3.65. The average Bonchev–Trinajstić information content (AvgIpc) is 2.58. The molecule has 132 valence electrons. The van der Waals surface area contributed by atoms with Crippen molar-refractivity contribution >= 4 is 23.6 Å². The molecule has 1 heterocycles. The summed E-state index contributed by atoms with van der Waals surface area (Å²) >= 11 is 1.38. The van der Waals surface area contributed by atoms with Crippen LogP contribution in [-0.2, 0) is 9.53 Å². The number of ether oxygens (including phenoxy) is 1. The van der Waals surface area contributed by atoms with Gasteiger partial charge in [-0.3, -0.25) is 4.79 Å². The molecule has 4 atom stereocenters. The van der Waals surface area contributed by atoms with E-state index in [4.69, 9.17) is 4.74 Å². The molecule has 1 amide bonds. The van der Waals surface area contributed by atoms with Crippen molar-refractivity contribution in [3.63, 3.8) is 0 Å². The molecule has 2 rings (SSSR count). The van der Waals surface area contributed by atoms with Gasteiger partial charge in [-0.25, -0.2) is 9.78 Å². The third-order valence-electron chi connectivity index (χ3n) is 4.87. The summed E-state index contributed by atoms with van der Waals surface area (Å²) < 4.78 is 5.34. The highest BCUT2D eigenvalue weighted by Gasteiger charge is 2.30. The van der Waals surface area contributed by atoms with E-state index < -0.39 is 12.1 Å². The summed E-state index contributed by atoms with van der Waals surface area (Å²) in [5.41, 5.74) is 0.393. The molecular formula is C18H26N2O3S. The van der Waals surface area contributed by atoms with Gasteiger partial charge in [-0.1, -0.05) is 26.7 Å². The maximum atomic E-state index is 12.4. The first kappa shape index (κ1) is 18.8. The van der Waals surface area contributed by atoms with Crippen molar-refractivity contribution in [3.8, 4) is 0 Å². The minimum absolute atomic E-state index is 0.155. The second-order valence-corrected chi connectivity index (χ2v) is 7.29. The minimum Gasteiger partial charge on any atom is -0.449 e. The maximum absolute atomic E-state index is 12.4. The van der Waals surface area contributed by atoms with Gasteiger partial charge >= 0.3 is 5.97 Å². The zero-order chi connectivity index (χ0) is 17.7. The fourth-order valence-electron chi connectivity index (χ4n) is 3.07. The lowest BCUT2D eigenvalue weighted by atomic mass is 9.78. The van der Waals surface area contributed by atoms with Crippen LogP contribution in [0.25, 0.3) is 0 Å². The van der Waals surface area contributed by atoms with Gasteiger partial charge in [0.15, 0.2) is 6.10 Å². The predicted molar refractivity (Wildman–Crippen MR) is 95.0 cm³/mol. The molecule has 0 aromatic carbocycles. The van der Waals surface area contributed by atoms with Crippen LogP contribution < -0.4 is 5.32 Å². The highest BCUT2D eigenvalue weighted by atomic mass is 32.2. The molecule has 1 aromatic rings. The Labute approximate surface area is 147 Å². The van der Waals surface area contributed by atoms with Crippen molar-refractivity contribution in [2.24, 2.45) is 11.8 Å². The van der Waals surface area contributed by atoms with Crippen molar-refractivity contribution in [2.75, 3.05) is 6.26 Å². The standard InChI is InChI=1S/C18H26N2O3S/c1-11-7-5-9-15(12(11)2)20-16(21)13(3)23-18(22)14-8-6-10-19-17(14)24-4/h6,8,10-13,15H,5,7,9H2,1-4H3,(H,20,21). The normalized spacial score (nSPS) is 24.9. The Balaban J connectivity index is 1.95. The third-order valence-corrected chi connectivity index (χ3v) is 5.58. The SMILES string of the molecule is CSc1ncccc1C(=O)OC(C)C(=O)NC1CCCC(C)C1C. The van der Waals surface area contributed by atoms with E-state index in [1.165, 1.54) is 18.2 Å². The lowest BCUT2D eigenvalue weighted by Gasteiger charge is -2.35. The zero-order valence-corrected chi connectivity index (χ0v) is 15.6. The van der Waals surface area contributed by atoms with Gasteiger partial charge in [0.05, 0.1) is 5.56 Å². The summed E-state index contributed by atoms with van der Waals surface area (Å²) in [6.07, 6.45) is 5.97. The molecule has 5 nitrogen and oxygen atoms in total. The van der Waals surface area contributed by atoms with E-state index in [9.17, 15) is 9.59 Å². The van der Waals surface area contributed by atoms with Crippen LogP contribution in [0.4, 0.5) is 0 Å². The number of carbonyl (C=O) groups excluding carboxylic acids is 2. The maximum Gasteiger partial charge on any atom is 0.341 e. The fraction of sp³-hybridized carbons (Fsp3) is 0.611. The Hall–Kier alpha value is -1.56. The fourth-order valence-corrected chi connectivity index (χ4v) is 3.61. The van der Waals surface area contributed by atoms with Gasteiger partial charge in [0, 0.05) is 12.2 Å². The largest absolute Gasteiger partial charge is 0.449 e. The molecule has 4 unspecified atom stereocenters. The topological polar surface area (TPSA) is 68.3 Å². The Bertz CT molecular complexity index is 593. The molecule has 0 bridgehead atoms. The quantitative estimate of drug-likeness (QED) is 0.652. The van der Waals surface area contributed by atoms with E-state index in [1.54, 1.807) is 25.3 Å². The van der Waals surface area contributed by atoms with Crippen LogP contribution in [0.5, 0.6) is 0 Å². The molecule has 1 aromatic heterocycles. The summed E-state index contributed by atoms with van der Waals surface area (Å²) in [4.78, 5) is 28.8. The first-order valence-corrected chi connectivity index (χ1v) is 9.66. The molecule has 1 N–H and O–H groups in total. The lowest BCUT2D eigenvalue weighted by Crippen LogP contribution is -2.47. The molecule has 0 saturated heterocycles.